The Bertz CT molecular complexity index is 765. The third kappa shape index (κ3) is 3.17. The lowest BCUT2D eigenvalue weighted by molar-refractivity contribution is -0.145. The molecule has 0 spiro atoms. The van der Waals surface area contributed by atoms with Gasteiger partial charge >= 0.3 is 0 Å². The number of carbonyl (C=O) groups is 1. The molecule has 138 valence electrons. The smallest absolute Gasteiger partial charge is 0.289 e. The largest absolute Gasteiger partial charge is 0.451 e. The van der Waals surface area contributed by atoms with Crippen LogP contribution in [0.25, 0.3) is 11.0 Å². The lowest BCUT2D eigenvalue weighted by Crippen LogP contribution is -2.58. The molecule has 26 heavy (non-hydrogen) atoms. The van der Waals surface area contributed by atoms with Crippen molar-refractivity contribution in [1.82, 2.24) is 4.90 Å². The van der Waals surface area contributed by atoms with Gasteiger partial charge in [-0.1, -0.05) is 24.3 Å². The van der Waals surface area contributed by atoms with E-state index < -0.39 is 0 Å². The topological polar surface area (TPSA) is 51.9 Å². The summed E-state index contributed by atoms with van der Waals surface area (Å²) in [6.45, 7) is 6.95. The van der Waals surface area contributed by atoms with Crippen LogP contribution in [0, 0.1) is 5.41 Å². The Hall–Kier alpha value is -2.11. The van der Waals surface area contributed by atoms with E-state index in [0.717, 1.165) is 36.8 Å². The highest BCUT2D eigenvalue weighted by atomic mass is 16.5. The van der Waals surface area contributed by atoms with E-state index in [-0.39, 0.29) is 17.4 Å². The van der Waals surface area contributed by atoms with E-state index in [1.54, 1.807) is 6.08 Å². The minimum atomic E-state index is -0.138. The lowest BCUT2D eigenvalue weighted by atomic mass is 9.73. The molecule has 5 heteroatoms. The maximum atomic E-state index is 13.1. The number of fused-ring (bicyclic) bond motifs is 2. The predicted octanol–water partition coefficient (Wildman–Crippen LogP) is 3.65. The highest BCUT2D eigenvalue weighted by Gasteiger charge is 2.47. The van der Waals surface area contributed by atoms with E-state index in [4.69, 9.17) is 13.9 Å². The van der Waals surface area contributed by atoms with Gasteiger partial charge in [0.25, 0.3) is 5.91 Å². The Morgan fingerprint density at radius 2 is 2.31 bits per heavy atom. The van der Waals surface area contributed by atoms with E-state index in [9.17, 15) is 4.79 Å². The van der Waals surface area contributed by atoms with E-state index in [0.29, 0.717) is 32.1 Å². The monoisotopic (exact) mass is 355 g/mol. The van der Waals surface area contributed by atoms with Crippen molar-refractivity contribution in [3.05, 3.63) is 48.7 Å². The number of rotatable bonds is 5. The third-order valence-electron chi connectivity index (χ3n) is 5.54. The van der Waals surface area contributed by atoms with Gasteiger partial charge in [0.15, 0.2) is 5.76 Å². The second-order valence-corrected chi connectivity index (χ2v) is 7.29. The van der Waals surface area contributed by atoms with Gasteiger partial charge in [-0.05, 0) is 31.4 Å². The number of hydrogen-bond donors (Lipinski definition) is 0. The molecule has 1 aromatic heterocycles. The van der Waals surface area contributed by atoms with Crippen LogP contribution >= 0.6 is 0 Å². The number of piperidine rings is 1. The fourth-order valence-corrected chi connectivity index (χ4v) is 4.26. The fraction of sp³-hybridized carbons (Fsp3) is 0.476. The van der Waals surface area contributed by atoms with Gasteiger partial charge in [-0.2, -0.15) is 0 Å². The van der Waals surface area contributed by atoms with Crippen molar-refractivity contribution in [2.75, 3.05) is 32.9 Å². The molecule has 0 aliphatic carbocycles. The highest BCUT2D eigenvalue weighted by molar-refractivity contribution is 5.96. The van der Waals surface area contributed by atoms with Gasteiger partial charge in [-0.15, -0.1) is 6.58 Å². The van der Waals surface area contributed by atoms with Gasteiger partial charge in [0.1, 0.15) is 5.58 Å². The highest BCUT2D eigenvalue weighted by Crippen LogP contribution is 2.41. The number of amides is 1. The van der Waals surface area contributed by atoms with Crippen LogP contribution in [0.3, 0.4) is 0 Å². The van der Waals surface area contributed by atoms with Gasteiger partial charge < -0.3 is 18.8 Å². The first kappa shape index (κ1) is 17.3. The zero-order valence-electron chi connectivity index (χ0n) is 15.0. The predicted molar refractivity (Wildman–Crippen MR) is 99.2 cm³/mol. The van der Waals surface area contributed by atoms with Crippen LogP contribution in [0.1, 0.15) is 29.8 Å². The number of likely N-dealkylation sites (tertiary alicyclic amines) is 1. The van der Waals surface area contributed by atoms with Crippen molar-refractivity contribution < 1.29 is 18.7 Å². The summed E-state index contributed by atoms with van der Waals surface area (Å²) in [6.07, 6.45) is 4.76. The molecule has 2 aromatic rings. The fourth-order valence-electron chi connectivity index (χ4n) is 4.26. The zero-order chi connectivity index (χ0) is 18.0. The second kappa shape index (κ2) is 7.25. The third-order valence-corrected chi connectivity index (χ3v) is 5.54. The number of benzene rings is 1. The maximum absolute atomic E-state index is 13.1. The first-order chi connectivity index (χ1) is 12.7. The number of carbonyl (C=O) groups excluding carboxylic acids is 1. The Balaban J connectivity index is 1.54. The molecule has 4 rings (SSSR count). The molecule has 5 nitrogen and oxygen atoms in total. The maximum Gasteiger partial charge on any atom is 0.289 e. The standard InChI is InChI=1S/C21H25NO4/c1-2-11-24-15-21-9-5-12-25-19(21)8-10-22(14-21)20(23)18-13-16-6-3-4-7-17(16)26-18/h2-4,6-7,13,19H,1,5,8-12,14-15H2/t19-,21+/m1/s1. The van der Waals surface area contributed by atoms with Gasteiger partial charge in [-0.25, -0.2) is 0 Å². The number of para-hydroxylation sites is 1. The molecule has 0 bridgehead atoms. The summed E-state index contributed by atoms with van der Waals surface area (Å²) >= 11 is 0. The lowest BCUT2D eigenvalue weighted by Gasteiger charge is -2.50. The molecule has 3 heterocycles. The number of nitrogens with zero attached hydrogens (tertiary/aromatic N) is 1. The van der Waals surface area contributed by atoms with Crippen molar-refractivity contribution in [2.24, 2.45) is 5.41 Å². The van der Waals surface area contributed by atoms with Crippen molar-refractivity contribution >= 4 is 16.9 Å². The minimum absolute atomic E-state index is 0.0479. The summed E-state index contributed by atoms with van der Waals surface area (Å²) in [5.41, 5.74) is 0.608. The Kier molecular flexibility index (Phi) is 4.83. The molecule has 0 N–H and O–H groups in total. The Labute approximate surface area is 153 Å². The molecule has 2 aliphatic rings. The van der Waals surface area contributed by atoms with E-state index in [1.165, 1.54) is 0 Å². The van der Waals surface area contributed by atoms with Gasteiger partial charge in [-0.3, -0.25) is 4.79 Å². The number of ether oxygens (including phenoxy) is 2. The Morgan fingerprint density at radius 1 is 1.42 bits per heavy atom. The van der Waals surface area contributed by atoms with Gasteiger partial charge in [0, 0.05) is 30.5 Å². The van der Waals surface area contributed by atoms with Gasteiger partial charge in [0.2, 0.25) is 0 Å². The van der Waals surface area contributed by atoms with E-state index in [2.05, 4.69) is 6.58 Å². The van der Waals surface area contributed by atoms with Crippen LogP contribution in [-0.2, 0) is 9.47 Å². The summed E-state index contributed by atoms with van der Waals surface area (Å²) in [6, 6.07) is 9.54. The normalized spacial score (nSPS) is 25.8. The SMILES string of the molecule is C=CCOC[C@@]12CCCO[C@@H]1CCN(C(=O)c1cc3ccccc3o1)C2. The molecule has 1 amide bonds. The molecule has 2 fully saturated rings. The molecule has 0 saturated carbocycles. The van der Waals surface area contributed by atoms with Crippen molar-refractivity contribution in [2.45, 2.75) is 25.4 Å². The molecule has 0 unspecified atom stereocenters. The van der Waals surface area contributed by atoms with Crippen LogP contribution in [-0.4, -0.2) is 49.8 Å². The zero-order valence-corrected chi connectivity index (χ0v) is 15.0. The van der Waals surface area contributed by atoms with Gasteiger partial charge in [0.05, 0.1) is 19.3 Å². The number of hydrogen-bond acceptors (Lipinski definition) is 4. The summed E-state index contributed by atoms with van der Waals surface area (Å²) in [4.78, 5) is 15.0. The van der Waals surface area contributed by atoms with Crippen molar-refractivity contribution in [3.63, 3.8) is 0 Å². The van der Waals surface area contributed by atoms with Crippen molar-refractivity contribution in [1.29, 1.82) is 0 Å². The van der Waals surface area contributed by atoms with E-state index in [1.807, 2.05) is 35.2 Å². The molecule has 2 atom stereocenters. The van der Waals surface area contributed by atoms with Crippen LogP contribution in [0.4, 0.5) is 0 Å². The van der Waals surface area contributed by atoms with Crippen LogP contribution in [0.2, 0.25) is 0 Å². The quantitative estimate of drug-likeness (QED) is 0.607. The number of furan rings is 1. The molecular weight excluding hydrogens is 330 g/mol. The molecule has 0 radical (unpaired) electrons. The summed E-state index contributed by atoms with van der Waals surface area (Å²) in [7, 11) is 0. The van der Waals surface area contributed by atoms with Crippen molar-refractivity contribution in [3.8, 4) is 0 Å². The van der Waals surface area contributed by atoms with Crippen LogP contribution in [0.15, 0.2) is 47.4 Å². The first-order valence-corrected chi connectivity index (χ1v) is 9.30. The molecular formula is C21H25NO4. The van der Waals surface area contributed by atoms with E-state index >= 15 is 0 Å². The summed E-state index contributed by atoms with van der Waals surface area (Å²) in [5.74, 6) is 0.358. The first-order valence-electron chi connectivity index (χ1n) is 9.30. The molecule has 2 aliphatic heterocycles. The van der Waals surface area contributed by atoms with Crippen LogP contribution < -0.4 is 0 Å². The van der Waals surface area contributed by atoms with Crippen LogP contribution in [0.5, 0.6) is 0 Å². The molecule has 2 saturated heterocycles. The average Bonchev–Trinajstić information content (AvgIpc) is 3.11. The molecule has 1 aromatic carbocycles. The minimum Gasteiger partial charge on any atom is -0.451 e. The second-order valence-electron chi connectivity index (χ2n) is 7.29. The summed E-state index contributed by atoms with van der Waals surface area (Å²) in [5, 5.41) is 0.954. The Morgan fingerprint density at radius 3 is 3.15 bits per heavy atom. The summed E-state index contributed by atoms with van der Waals surface area (Å²) < 4.78 is 17.6. The average molecular weight is 355 g/mol.